The van der Waals surface area contributed by atoms with Gasteiger partial charge < -0.3 is 9.47 Å². The molecule has 3 heterocycles. The fourth-order valence-corrected chi connectivity index (χ4v) is 3.34. The van der Waals surface area contributed by atoms with Gasteiger partial charge in [0, 0.05) is 31.7 Å². The third-order valence-electron chi connectivity index (χ3n) is 3.73. The predicted octanol–water partition coefficient (Wildman–Crippen LogP) is 2.58. The zero-order valence-electron chi connectivity index (χ0n) is 10.5. The highest BCUT2D eigenvalue weighted by atomic mass is 79.9. The van der Waals surface area contributed by atoms with Crippen molar-refractivity contribution in [1.82, 2.24) is 14.5 Å². The zero-order chi connectivity index (χ0) is 12.5. The van der Waals surface area contributed by atoms with Crippen LogP contribution in [-0.4, -0.2) is 33.0 Å². The van der Waals surface area contributed by atoms with Crippen molar-refractivity contribution in [3.8, 4) is 0 Å². The van der Waals surface area contributed by atoms with Crippen molar-refractivity contribution in [2.24, 2.45) is 13.0 Å². The molecule has 1 fully saturated rings. The second-order valence-electron chi connectivity index (χ2n) is 4.94. The minimum absolute atomic E-state index is 0.783. The van der Waals surface area contributed by atoms with E-state index in [0.29, 0.717) is 0 Å². The molecule has 0 amide bonds. The van der Waals surface area contributed by atoms with E-state index in [1.54, 1.807) is 0 Å². The van der Waals surface area contributed by atoms with Crippen molar-refractivity contribution >= 4 is 32.8 Å². The van der Waals surface area contributed by atoms with E-state index in [2.05, 4.69) is 30.8 Å². The van der Waals surface area contributed by atoms with E-state index in [9.17, 15) is 0 Å². The van der Waals surface area contributed by atoms with Crippen molar-refractivity contribution in [2.75, 3.05) is 23.3 Å². The number of aromatic nitrogens is 3. The summed E-state index contributed by atoms with van der Waals surface area (Å²) in [6.45, 7) is 2.20. The third kappa shape index (κ3) is 2.00. The van der Waals surface area contributed by atoms with Gasteiger partial charge in [0.25, 0.3) is 0 Å². The smallest absolute Gasteiger partial charge is 0.156 e. The van der Waals surface area contributed by atoms with Gasteiger partial charge in [0.2, 0.25) is 0 Å². The van der Waals surface area contributed by atoms with Gasteiger partial charge in [-0.25, -0.2) is 9.97 Å². The lowest BCUT2D eigenvalue weighted by atomic mass is 10.1. The fraction of sp³-hybridized carbons (Fsp3) is 0.538. The third-order valence-corrected chi connectivity index (χ3v) is 4.18. The summed E-state index contributed by atoms with van der Waals surface area (Å²) in [7, 11) is 2.02. The number of fused-ring (bicyclic) bond motifs is 1. The van der Waals surface area contributed by atoms with Gasteiger partial charge in [-0.2, -0.15) is 0 Å². The Balaban J connectivity index is 1.91. The highest BCUT2D eigenvalue weighted by molar-refractivity contribution is 9.09. The molecule has 0 bridgehead atoms. The monoisotopic (exact) mass is 308 g/mol. The minimum atomic E-state index is 0.783. The van der Waals surface area contributed by atoms with Crippen molar-refractivity contribution in [2.45, 2.75) is 12.8 Å². The Morgan fingerprint density at radius 3 is 3.17 bits per heavy atom. The first-order valence-electron chi connectivity index (χ1n) is 6.36. The molecule has 5 heteroatoms. The Morgan fingerprint density at radius 1 is 1.44 bits per heavy atom. The van der Waals surface area contributed by atoms with E-state index in [-0.39, 0.29) is 0 Å². The number of hydrogen-bond donors (Lipinski definition) is 0. The van der Waals surface area contributed by atoms with Gasteiger partial charge >= 0.3 is 0 Å². The average molecular weight is 309 g/mol. The zero-order valence-corrected chi connectivity index (χ0v) is 12.1. The molecule has 4 nitrogen and oxygen atoms in total. The van der Waals surface area contributed by atoms with E-state index < -0.39 is 0 Å². The first kappa shape index (κ1) is 12.0. The normalized spacial score (nSPS) is 19.9. The Kier molecular flexibility index (Phi) is 3.24. The number of alkyl halides is 1. The molecule has 96 valence electrons. The first-order valence-corrected chi connectivity index (χ1v) is 7.48. The molecule has 1 atom stereocenters. The molecule has 2 aromatic heterocycles. The molecule has 1 saturated heterocycles. The molecule has 0 radical (unpaired) electrons. The van der Waals surface area contributed by atoms with Gasteiger partial charge in [-0.3, -0.25) is 0 Å². The molecule has 0 aromatic carbocycles. The van der Waals surface area contributed by atoms with Gasteiger partial charge in [0.1, 0.15) is 5.52 Å². The van der Waals surface area contributed by atoms with E-state index in [4.69, 9.17) is 0 Å². The summed E-state index contributed by atoms with van der Waals surface area (Å²) < 4.78 is 2.05. The van der Waals surface area contributed by atoms with E-state index >= 15 is 0 Å². The number of nitrogens with zero attached hydrogens (tertiary/aromatic N) is 4. The summed E-state index contributed by atoms with van der Waals surface area (Å²) in [6.07, 6.45) is 6.25. The highest BCUT2D eigenvalue weighted by Crippen LogP contribution is 2.29. The van der Waals surface area contributed by atoms with Crippen LogP contribution in [0.25, 0.3) is 11.0 Å². The number of aryl methyl sites for hydroxylation is 1. The van der Waals surface area contributed by atoms with Gasteiger partial charge in [-0.15, -0.1) is 0 Å². The van der Waals surface area contributed by atoms with Crippen LogP contribution in [0.5, 0.6) is 0 Å². The first-order chi connectivity index (χ1) is 8.79. The molecule has 0 spiro atoms. The number of anilines is 1. The average Bonchev–Trinajstić information content (AvgIpc) is 2.98. The van der Waals surface area contributed by atoms with Crippen LogP contribution in [0.15, 0.2) is 18.6 Å². The second kappa shape index (κ2) is 4.88. The maximum atomic E-state index is 4.54. The van der Waals surface area contributed by atoms with E-state index in [1.165, 1.54) is 12.8 Å². The molecule has 2 aromatic rings. The van der Waals surface area contributed by atoms with Gasteiger partial charge in [-0.1, -0.05) is 15.9 Å². The highest BCUT2D eigenvalue weighted by Gasteiger charge is 2.24. The number of pyridine rings is 1. The standard InChI is InChI=1S/C13H17BrN4/c1-17-9-16-12-11(17)3-6-15-13(12)18-7-4-10(8-18)2-5-14/h3,6,9-10H,2,4-5,7-8H2,1H3. The molecule has 0 N–H and O–H groups in total. The van der Waals surface area contributed by atoms with Crippen molar-refractivity contribution in [1.29, 1.82) is 0 Å². The summed E-state index contributed by atoms with van der Waals surface area (Å²) in [5, 5.41) is 1.09. The largest absolute Gasteiger partial charge is 0.354 e. The maximum Gasteiger partial charge on any atom is 0.156 e. The molecule has 18 heavy (non-hydrogen) atoms. The van der Waals surface area contributed by atoms with E-state index in [1.807, 2.05) is 30.2 Å². The lowest BCUT2D eigenvalue weighted by Crippen LogP contribution is -2.21. The number of halogens is 1. The summed E-state index contributed by atoms with van der Waals surface area (Å²) in [4.78, 5) is 11.4. The summed E-state index contributed by atoms with van der Waals surface area (Å²) >= 11 is 3.53. The molecule has 1 unspecified atom stereocenters. The van der Waals surface area contributed by atoms with Crippen LogP contribution in [0.2, 0.25) is 0 Å². The maximum absolute atomic E-state index is 4.54. The van der Waals surface area contributed by atoms with Crippen molar-refractivity contribution in [3.63, 3.8) is 0 Å². The Bertz CT molecular complexity index is 551. The van der Waals surface area contributed by atoms with E-state index in [0.717, 1.165) is 41.2 Å². The molecule has 1 aliphatic heterocycles. The number of rotatable bonds is 3. The van der Waals surface area contributed by atoms with Crippen molar-refractivity contribution in [3.05, 3.63) is 18.6 Å². The van der Waals surface area contributed by atoms with Gasteiger partial charge in [0.15, 0.2) is 5.82 Å². The molecule has 1 aliphatic rings. The Hall–Kier alpha value is -1.10. The minimum Gasteiger partial charge on any atom is -0.354 e. The van der Waals surface area contributed by atoms with Crippen LogP contribution in [0.4, 0.5) is 5.82 Å². The molecular formula is C13H17BrN4. The van der Waals surface area contributed by atoms with Gasteiger partial charge in [0.05, 0.1) is 11.8 Å². The second-order valence-corrected chi connectivity index (χ2v) is 5.73. The van der Waals surface area contributed by atoms with Crippen LogP contribution in [0.1, 0.15) is 12.8 Å². The lowest BCUT2D eigenvalue weighted by Gasteiger charge is -2.17. The fourth-order valence-electron chi connectivity index (χ4n) is 2.69. The van der Waals surface area contributed by atoms with Crippen molar-refractivity contribution < 1.29 is 0 Å². The van der Waals surface area contributed by atoms with Crippen LogP contribution < -0.4 is 4.90 Å². The Morgan fingerprint density at radius 2 is 2.33 bits per heavy atom. The Labute approximate surface area is 115 Å². The molecule has 0 saturated carbocycles. The van der Waals surface area contributed by atoms with Crippen LogP contribution >= 0.6 is 15.9 Å². The summed E-state index contributed by atoms with van der Waals surface area (Å²) in [5.74, 6) is 1.83. The molecular weight excluding hydrogens is 292 g/mol. The quantitative estimate of drug-likeness (QED) is 0.817. The van der Waals surface area contributed by atoms with Crippen LogP contribution in [0.3, 0.4) is 0 Å². The summed E-state index contributed by atoms with van der Waals surface area (Å²) in [5.41, 5.74) is 2.18. The molecule has 0 aliphatic carbocycles. The number of imidazole rings is 1. The summed E-state index contributed by atoms with van der Waals surface area (Å²) in [6, 6.07) is 2.03. The number of hydrogen-bond acceptors (Lipinski definition) is 3. The lowest BCUT2D eigenvalue weighted by molar-refractivity contribution is 0.575. The predicted molar refractivity (Wildman–Crippen MR) is 77.2 cm³/mol. The molecule has 3 rings (SSSR count). The van der Waals surface area contributed by atoms with Crippen LogP contribution in [0, 0.1) is 5.92 Å². The topological polar surface area (TPSA) is 34.0 Å². The van der Waals surface area contributed by atoms with Crippen LogP contribution in [-0.2, 0) is 7.05 Å². The SMILES string of the molecule is Cn1cnc2c(N3CCC(CCBr)C3)nccc21. The van der Waals surface area contributed by atoms with Gasteiger partial charge in [-0.05, 0) is 24.8 Å².